The number of hydrogen-bond acceptors (Lipinski definition) is 3. The molecule has 23 heavy (non-hydrogen) atoms. The molecule has 1 aliphatic rings. The van der Waals surface area contributed by atoms with Gasteiger partial charge in [-0.25, -0.2) is 0 Å². The molecule has 118 valence electrons. The summed E-state index contributed by atoms with van der Waals surface area (Å²) < 4.78 is 0. The van der Waals surface area contributed by atoms with Crippen molar-refractivity contribution in [2.75, 3.05) is 11.9 Å². The molecule has 0 aliphatic heterocycles. The third-order valence-electron chi connectivity index (χ3n) is 3.95. The second kappa shape index (κ2) is 7.11. The van der Waals surface area contributed by atoms with Gasteiger partial charge in [-0.15, -0.1) is 0 Å². The fourth-order valence-corrected chi connectivity index (χ4v) is 2.73. The molecule has 0 spiro atoms. The second-order valence-corrected chi connectivity index (χ2v) is 5.68. The predicted octanol–water partition coefficient (Wildman–Crippen LogP) is 3.10. The van der Waals surface area contributed by atoms with E-state index in [0.29, 0.717) is 5.56 Å². The fourth-order valence-electron chi connectivity index (χ4n) is 2.73. The van der Waals surface area contributed by atoms with E-state index in [9.17, 15) is 4.79 Å². The number of nitrogens with one attached hydrogen (secondary N) is 2. The Morgan fingerprint density at radius 2 is 1.78 bits per heavy atom. The smallest absolute Gasteiger partial charge is 0.253 e. The van der Waals surface area contributed by atoms with Crippen LogP contribution in [0.2, 0.25) is 0 Å². The Morgan fingerprint density at radius 1 is 1.04 bits per heavy atom. The van der Waals surface area contributed by atoms with E-state index in [1.54, 1.807) is 0 Å². The number of benzene rings is 2. The molecule has 2 atom stereocenters. The molecule has 4 heteroatoms. The first-order chi connectivity index (χ1) is 11.3. The van der Waals surface area contributed by atoms with Crippen molar-refractivity contribution in [1.82, 2.24) is 5.32 Å². The van der Waals surface area contributed by atoms with E-state index in [1.807, 2.05) is 66.7 Å². The molecular formula is C19H20N2O2. The van der Waals surface area contributed by atoms with E-state index in [-0.39, 0.29) is 24.5 Å². The van der Waals surface area contributed by atoms with Gasteiger partial charge in [0.05, 0.1) is 11.3 Å². The Bertz CT molecular complexity index is 698. The number of carbonyl (C=O) groups is 1. The summed E-state index contributed by atoms with van der Waals surface area (Å²) in [5.74, 6) is 0.0234. The lowest BCUT2D eigenvalue weighted by Gasteiger charge is -2.15. The Labute approximate surface area is 135 Å². The summed E-state index contributed by atoms with van der Waals surface area (Å²) in [6.07, 6.45) is 4.65. The van der Waals surface area contributed by atoms with Crippen molar-refractivity contribution in [3.05, 3.63) is 72.3 Å². The average molecular weight is 308 g/mol. The van der Waals surface area contributed by atoms with Gasteiger partial charge in [0.15, 0.2) is 0 Å². The van der Waals surface area contributed by atoms with Crippen LogP contribution >= 0.6 is 0 Å². The van der Waals surface area contributed by atoms with Crippen LogP contribution in [0.4, 0.5) is 11.4 Å². The number of rotatable bonds is 5. The maximum absolute atomic E-state index is 12.6. The minimum absolute atomic E-state index is 0.0237. The highest BCUT2D eigenvalue weighted by Crippen LogP contribution is 2.22. The molecule has 0 bridgehead atoms. The SMILES string of the molecule is O=C(N[C@@H]1C=C[C@H](CO)C1)c1ccccc1Nc1ccccc1. The molecule has 1 amide bonds. The molecule has 0 fully saturated rings. The molecule has 1 aliphatic carbocycles. The summed E-state index contributed by atoms with van der Waals surface area (Å²) in [5.41, 5.74) is 2.32. The fraction of sp³-hybridized carbons (Fsp3) is 0.211. The Hall–Kier alpha value is -2.59. The number of aliphatic hydroxyl groups is 1. The van der Waals surface area contributed by atoms with Gasteiger partial charge in [-0.05, 0) is 30.7 Å². The molecule has 0 saturated carbocycles. The molecule has 2 aromatic carbocycles. The summed E-state index contributed by atoms with van der Waals surface area (Å²) in [5, 5.41) is 15.5. The maximum Gasteiger partial charge on any atom is 0.253 e. The van der Waals surface area contributed by atoms with Crippen LogP contribution in [0.1, 0.15) is 16.8 Å². The van der Waals surface area contributed by atoms with Crippen LogP contribution in [0.5, 0.6) is 0 Å². The maximum atomic E-state index is 12.6. The number of para-hydroxylation sites is 2. The van der Waals surface area contributed by atoms with Crippen LogP contribution < -0.4 is 10.6 Å². The summed E-state index contributed by atoms with van der Waals surface area (Å²) >= 11 is 0. The Morgan fingerprint density at radius 3 is 2.52 bits per heavy atom. The van der Waals surface area contributed by atoms with Crippen molar-refractivity contribution in [1.29, 1.82) is 0 Å². The van der Waals surface area contributed by atoms with Crippen LogP contribution in [0.25, 0.3) is 0 Å². The van der Waals surface area contributed by atoms with Gasteiger partial charge in [-0.2, -0.15) is 0 Å². The van der Waals surface area contributed by atoms with E-state index in [2.05, 4.69) is 10.6 Å². The van der Waals surface area contributed by atoms with Crippen LogP contribution in [0.3, 0.4) is 0 Å². The summed E-state index contributed by atoms with van der Waals surface area (Å²) in [7, 11) is 0. The second-order valence-electron chi connectivity index (χ2n) is 5.68. The molecule has 0 saturated heterocycles. The summed E-state index contributed by atoms with van der Waals surface area (Å²) in [6, 6.07) is 17.2. The quantitative estimate of drug-likeness (QED) is 0.744. The molecule has 4 nitrogen and oxygen atoms in total. The lowest BCUT2D eigenvalue weighted by Crippen LogP contribution is -2.33. The van der Waals surface area contributed by atoms with Gasteiger partial charge in [0.2, 0.25) is 0 Å². The summed E-state index contributed by atoms with van der Waals surface area (Å²) in [4.78, 5) is 12.6. The number of hydrogen-bond donors (Lipinski definition) is 3. The highest BCUT2D eigenvalue weighted by molar-refractivity contribution is 6.00. The van der Waals surface area contributed by atoms with Crippen LogP contribution in [-0.4, -0.2) is 23.7 Å². The van der Waals surface area contributed by atoms with Gasteiger partial charge in [-0.3, -0.25) is 4.79 Å². The Kier molecular flexibility index (Phi) is 4.74. The first-order valence-corrected chi connectivity index (χ1v) is 7.77. The lowest BCUT2D eigenvalue weighted by molar-refractivity contribution is 0.0942. The molecule has 0 aromatic heterocycles. The zero-order chi connectivity index (χ0) is 16.1. The lowest BCUT2D eigenvalue weighted by atomic mass is 10.1. The average Bonchev–Trinajstić information content (AvgIpc) is 3.04. The monoisotopic (exact) mass is 308 g/mol. The van der Waals surface area contributed by atoms with Crippen molar-refractivity contribution in [2.45, 2.75) is 12.5 Å². The largest absolute Gasteiger partial charge is 0.396 e. The van der Waals surface area contributed by atoms with Crippen LogP contribution in [0.15, 0.2) is 66.7 Å². The van der Waals surface area contributed by atoms with Gasteiger partial charge < -0.3 is 15.7 Å². The van der Waals surface area contributed by atoms with E-state index in [4.69, 9.17) is 5.11 Å². The van der Waals surface area contributed by atoms with Crippen molar-refractivity contribution >= 4 is 17.3 Å². The zero-order valence-corrected chi connectivity index (χ0v) is 12.8. The highest BCUT2D eigenvalue weighted by atomic mass is 16.3. The van der Waals surface area contributed by atoms with E-state index >= 15 is 0 Å². The molecular weight excluding hydrogens is 288 g/mol. The molecule has 2 aromatic rings. The molecule has 3 rings (SSSR count). The standard InChI is InChI=1S/C19H20N2O2/c22-13-14-10-11-16(12-14)21-19(23)17-8-4-5-9-18(17)20-15-6-2-1-3-7-15/h1-11,14,16,20,22H,12-13H2,(H,21,23)/t14-,16+/m0/s1. The van der Waals surface area contributed by atoms with E-state index in [0.717, 1.165) is 17.8 Å². The molecule has 0 heterocycles. The number of aliphatic hydroxyl groups excluding tert-OH is 1. The third-order valence-corrected chi connectivity index (χ3v) is 3.95. The summed E-state index contributed by atoms with van der Waals surface area (Å²) in [6.45, 7) is 0.120. The van der Waals surface area contributed by atoms with Crippen LogP contribution in [0, 0.1) is 5.92 Å². The zero-order valence-electron chi connectivity index (χ0n) is 12.8. The highest BCUT2D eigenvalue weighted by Gasteiger charge is 2.21. The number of carbonyl (C=O) groups excluding carboxylic acids is 1. The minimum atomic E-state index is -0.114. The first kappa shape index (κ1) is 15.3. The van der Waals surface area contributed by atoms with E-state index < -0.39 is 0 Å². The normalized spacial score (nSPS) is 19.5. The van der Waals surface area contributed by atoms with Crippen molar-refractivity contribution in [2.24, 2.45) is 5.92 Å². The van der Waals surface area contributed by atoms with Crippen molar-refractivity contribution < 1.29 is 9.90 Å². The number of anilines is 2. The molecule has 0 unspecified atom stereocenters. The van der Waals surface area contributed by atoms with Crippen molar-refractivity contribution in [3.63, 3.8) is 0 Å². The molecule has 3 N–H and O–H groups in total. The van der Waals surface area contributed by atoms with E-state index in [1.165, 1.54) is 0 Å². The van der Waals surface area contributed by atoms with Gasteiger partial charge in [0, 0.05) is 24.3 Å². The minimum Gasteiger partial charge on any atom is -0.396 e. The number of amides is 1. The van der Waals surface area contributed by atoms with Gasteiger partial charge >= 0.3 is 0 Å². The van der Waals surface area contributed by atoms with Crippen molar-refractivity contribution in [3.8, 4) is 0 Å². The van der Waals surface area contributed by atoms with Gasteiger partial charge in [0.1, 0.15) is 0 Å². The third kappa shape index (κ3) is 3.79. The predicted molar refractivity (Wildman–Crippen MR) is 91.8 cm³/mol. The topological polar surface area (TPSA) is 61.4 Å². The van der Waals surface area contributed by atoms with Gasteiger partial charge in [0.25, 0.3) is 5.91 Å². The van der Waals surface area contributed by atoms with Crippen LogP contribution in [-0.2, 0) is 0 Å². The first-order valence-electron chi connectivity index (χ1n) is 7.77. The Balaban J connectivity index is 1.72. The van der Waals surface area contributed by atoms with Gasteiger partial charge in [-0.1, -0.05) is 42.5 Å². The molecule has 0 radical (unpaired) electrons.